The summed E-state index contributed by atoms with van der Waals surface area (Å²) in [5, 5.41) is 0. The molecule has 0 saturated carbocycles. The second-order valence-electron chi connectivity index (χ2n) is 5.96. The Morgan fingerprint density at radius 2 is 1.23 bits per heavy atom. The Labute approximate surface area is 139 Å². The minimum atomic E-state index is -3.80. The van der Waals surface area contributed by atoms with E-state index in [2.05, 4.69) is 27.7 Å². The second kappa shape index (κ2) is 14.9. The molecule has 0 unspecified atom stereocenters. The summed E-state index contributed by atoms with van der Waals surface area (Å²) in [6.45, 7) is 9.44. The molecule has 3 N–H and O–H groups in total. The van der Waals surface area contributed by atoms with Crippen molar-refractivity contribution in [2.24, 2.45) is 5.73 Å². The Morgan fingerprint density at radius 3 is 1.36 bits per heavy atom. The molecule has 6 heteroatoms. The Hall–Kier alpha value is 0.300. The van der Waals surface area contributed by atoms with E-state index in [1.807, 2.05) is 0 Å². The van der Waals surface area contributed by atoms with Crippen LogP contribution in [0.5, 0.6) is 0 Å². The maximum Gasteiger partial charge on any atom is 0.266 e. The molecule has 22 heavy (non-hydrogen) atoms. The topological polar surface area (TPSA) is 80.4 Å². The normalized spacial score (nSPS) is 11.9. The second-order valence-corrected chi connectivity index (χ2v) is 12.2. The summed E-state index contributed by atoms with van der Waals surface area (Å²) in [7, 11) is -4.33. The van der Waals surface area contributed by atoms with E-state index in [4.69, 9.17) is 10.3 Å². The molecule has 0 heterocycles. The lowest BCUT2D eigenvalue weighted by molar-refractivity contribution is 0.483. The van der Waals surface area contributed by atoms with Crippen molar-refractivity contribution >= 4 is 17.4 Å². The molecule has 0 aromatic heterocycles. The van der Waals surface area contributed by atoms with E-state index in [-0.39, 0.29) is 12.3 Å². The van der Waals surface area contributed by atoms with Crippen LogP contribution in [0.4, 0.5) is 0 Å². The van der Waals surface area contributed by atoms with Crippen LogP contribution in [0.1, 0.15) is 66.2 Å². The van der Waals surface area contributed by atoms with Gasteiger partial charge in [-0.05, 0) is 43.9 Å². The van der Waals surface area contributed by atoms with Gasteiger partial charge in [-0.2, -0.15) is 8.42 Å². The average Bonchev–Trinajstić information content (AvgIpc) is 2.46. The van der Waals surface area contributed by atoms with E-state index in [1.165, 1.54) is 44.7 Å². The van der Waals surface area contributed by atoms with E-state index >= 15 is 0 Å². The molecule has 0 saturated heterocycles. The van der Waals surface area contributed by atoms with Crippen molar-refractivity contribution in [3.63, 3.8) is 0 Å². The van der Waals surface area contributed by atoms with Crippen LogP contribution < -0.4 is 5.73 Å². The third kappa shape index (κ3) is 15.2. The summed E-state index contributed by atoms with van der Waals surface area (Å²) in [5.74, 6) is -0.354. The van der Waals surface area contributed by atoms with Crippen LogP contribution in [0.3, 0.4) is 0 Å². The highest BCUT2D eigenvalue weighted by atomic mass is 32.2. The predicted molar refractivity (Wildman–Crippen MR) is 102 cm³/mol. The molecule has 0 aromatic rings. The molecule has 0 bridgehead atoms. The zero-order valence-corrected chi connectivity index (χ0v) is 16.9. The molecule has 0 rings (SSSR count). The number of nitrogens with two attached hydrogens (primary N) is 1. The highest BCUT2D eigenvalue weighted by Gasteiger charge is 2.22. The molecule has 0 amide bonds. The van der Waals surface area contributed by atoms with Crippen LogP contribution in [0, 0.1) is 0 Å². The summed E-state index contributed by atoms with van der Waals surface area (Å²) < 4.78 is 27.3. The molecule has 137 valence electrons. The lowest BCUT2D eigenvalue weighted by atomic mass is 10.4. The van der Waals surface area contributed by atoms with Crippen LogP contribution in [0.15, 0.2) is 0 Å². The number of rotatable bonds is 12. The largest absolute Gasteiger partial charge is 0.329 e. The quantitative estimate of drug-likeness (QED) is 0.404. The van der Waals surface area contributed by atoms with Crippen molar-refractivity contribution < 1.29 is 13.0 Å². The molecular weight excluding hydrogens is 317 g/mol. The molecule has 0 atom stereocenters. The number of unbranched alkanes of at least 4 members (excludes halogenated alkanes) is 3. The summed E-state index contributed by atoms with van der Waals surface area (Å²) in [5.41, 5.74) is 4.78. The van der Waals surface area contributed by atoms with Crippen molar-refractivity contribution in [2.75, 3.05) is 36.9 Å². The molecule has 0 aliphatic heterocycles. The minimum Gasteiger partial charge on any atom is -0.329 e. The first kappa shape index (κ1) is 24.6. The van der Waals surface area contributed by atoms with Gasteiger partial charge in [0.15, 0.2) is 0 Å². The van der Waals surface area contributed by atoms with E-state index in [1.54, 1.807) is 18.5 Å². The fourth-order valence-electron chi connectivity index (χ4n) is 2.44. The molecule has 0 aliphatic rings. The Bertz CT molecular complexity index is 313. The molecule has 0 spiro atoms. The van der Waals surface area contributed by atoms with Crippen molar-refractivity contribution in [3.8, 4) is 0 Å². The SMILES string of the molecule is CCCC[P](CC)(CCCC)CCCC.NCCS(=O)(=O)O. The van der Waals surface area contributed by atoms with Crippen LogP contribution >= 0.6 is 7.26 Å². The Kier molecular flexibility index (Phi) is 16.6. The van der Waals surface area contributed by atoms with Crippen molar-refractivity contribution in [1.29, 1.82) is 0 Å². The van der Waals surface area contributed by atoms with Gasteiger partial charge in [-0.1, -0.05) is 47.0 Å². The van der Waals surface area contributed by atoms with Crippen molar-refractivity contribution in [3.05, 3.63) is 0 Å². The summed E-state index contributed by atoms with van der Waals surface area (Å²) in [4.78, 5) is 0. The maximum atomic E-state index is 9.71. The standard InChI is InChI=1S/C14H32P.C2H7NO3S/c1-5-9-12-15(8-4,13-10-6-2)14-11-7-3;3-1-2-7(4,5)6/h5-14H2,1-4H3;1-3H2,(H,4,5,6). The first-order valence-electron chi connectivity index (χ1n) is 8.81. The van der Waals surface area contributed by atoms with E-state index in [0.29, 0.717) is 0 Å². The van der Waals surface area contributed by atoms with Gasteiger partial charge in [-0.3, -0.25) is 4.55 Å². The highest BCUT2D eigenvalue weighted by Crippen LogP contribution is 2.60. The lowest BCUT2D eigenvalue weighted by Gasteiger charge is -2.36. The predicted octanol–water partition coefficient (Wildman–Crippen LogP) is 4.26. The summed E-state index contributed by atoms with van der Waals surface area (Å²) in [6, 6.07) is 0. The number of hydrogen-bond acceptors (Lipinski definition) is 3. The van der Waals surface area contributed by atoms with Crippen LogP contribution in [0.25, 0.3) is 0 Å². The van der Waals surface area contributed by atoms with Crippen LogP contribution in [-0.4, -0.2) is 49.9 Å². The zero-order valence-electron chi connectivity index (χ0n) is 15.2. The minimum absolute atomic E-state index is 0.0289. The summed E-state index contributed by atoms with van der Waals surface area (Å²) >= 11 is 0. The van der Waals surface area contributed by atoms with E-state index in [0.717, 1.165) is 0 Å². The molecule has 4 nitrogen and oxygen atoms in total. The smallest absolute Gasteiger partial charge is 0.266 e. The molecule has 1 radical (unpaired) electrons. The summed E-state index contributed by atoms with van der Waals surface area (Å²) in [6.07, 6.45) is 14.9. The maximum absolute atomic E-state index is 9.71. The average molecular weight is 357 g/mol. The highest BCUT2D eigenvalue weighted by molar-refractivity contribution is 7.85. The van der Waals surface area contributed by atoms with E-state index < -0.39 is 17.4 Å². The fraction of sp³-hybridized carbons (Fsp3) is 1.00. The van der Waals surface area contributed by atoms with Gasteiger partial charge in [0, 0.05) is 6.54 Å². The number of hydrogen-bond donors (Lipinski definition) is 2. The van der Waals surface area contributed by atoms with Crippen molar-refractivity contribution in [1.82, 2.24) is 0 Å². The third-order valence-corrected chi connectivity index (χ3v) is 9.89. The van der Waals surface area contributed by atoms with Gasteiger partial charge in [0.25, 0.3) is 10.1 Å². The molecule has 0 aromatic carbocycles. The van der Waals surface area contributed by atoms with E-state index in [9.17, 15) is 8.42 Å². The van der Waals surface area contributed by atoms with Crippen molar-refractivity contribution in [2.45, 2.75) is 66.2 Å². The molecule has 0 fully saturated rings. The van der Waals surface area contributed by atoms with Gasteiger partial charge in [0.1, 0.15) is 0 Å². The lowest BCUT2D eigenvalue weighted by Crippen LogP contribution is -2.13. The zero-order chi connectivity index (χ0) is 17.5. The van der Waals surface area contributed by atoms with Gasteiger partial charge in [0.05, 0.1) is 5.75 Å². The fourth-order valence-corrected chi connectivity index (χ4v) is 7.32. The van der Waals surface area contributed by atoms with Crippen LogP contribution in [-0.2, 0) is 10.1 Å². The first-order chi connectivity index (χ1) is 10.3. The molecule has 0 aliphatic carbocycles. The van der Waals surface area contributed by atoms with Gasteiger partial charge >= 0.3 is 0 Å². The Balaban J connectivity index is 0. The van der Waals surface area contributed by atoms with Gasteiger partial charge < -0.3 is 5.73 Å². The first-order valence-corrected chi connectivity index (χ1v) is 12.9. The molecular formula is C16H39NO3PS. The van der Waals surface area contributed by atoms with Gasteiger partial charge in [-0.25, -0.2) is 0 Å². The monoisotopic (exact) mass is 356 g/mol. The van der Waals surface area contributed by atoms with Crippen LogP contribution in [0.2, 0.25) is 0 Å². The third-order valence-electron chi connectivity index (χ3n) is 4.00. The van der Waals surface area contributed by atoms with Gasteiger partial charge in [0.2, 0.25) is 0 Å². The Morgan fingerprint density at radius 1 is 0.864 bits per heavy atom. The van der Waals surface area contributed by atoms with Gasteiger partial charge in [-0.15, -0.1) is 7.26 Å².